The van der Waals surface area contributed by atoms with Gasteiger partial charge in [0.15, 0.2) is 0 Å². The lowest BCUT2D eigenvalue weighted by molar-refractivity contribution is 0.101. The highest BCUT2D eigenvalue weighted by atomic mass is 32.2. The topological polar surface area (TPSA) is 96.8 Å². The maximum atomic E-state index is 14.0. The predicted octanol–water partition coefficient (Wildman–Crippen LogP) is 4.80. The average Bonchev–Trinajstić information content (AvgIpc) is 3.49. The van der Waals surface area contributed by atoms with Crippen LogP contribution in [0.1, 0.15) is 29.8 Å². The van der Waals surface area contributed by atoms with Crippen LogP contribution in [0.3, 0.4) is 0 Å². The van der Waals surface area contributed by atoms with Crippen molar-refractivity contribution in [1.82, 2.24) is 14.1 Å². The summed E-state index contributed by atoms with van der Waals surface area (Å²) in [6, 6.07) is 26.0. The summed E-state index contributed by atoms with van der Waals surface area (Å²) in [5.41, 5.74) is 3.83. The molecule has 2 fully saturated rings. The molecule has 9 nitrogen and oxygen atoms in total. The van der Waals surface area contributed by atoms with Crippen molar-refractivity contribution in [2.45, 2.75) is 24.2 Å². The number of sulfonamides is 1. The van der Waals surface area contributed by atoms with Crippen LogP contribution >= 0.6 is 0 Å². The second kappa shape index (κ2) is 11.9. The van der Waals surface area contributed by atoms with Crippen LogP contribution in [0, 0.1) is 0 Å². The Bertz CT molecular complexity index is 1610. The van der Waals surface area contributed by atoms with Crippen molar-refractivity contribution in [2.24, 2.45) is 0 Å². The molecule has 2 aliphatic heterocycles. The molecule has 6 rings (SSSR count). The van der Waals surface area contributed by atoms with Crippen LogP contribution in [0.25, 0.3) is 16.9 Å². The van der Waals surface area contributed by atoms with Gasteiger partial charge in [-0.3, -0.25) is 4.79 Å². The van der Waals surface area contributed by atoms with Crippen molar-refractivity contribution in [3.05, 3.63) is 90.6 Å². The number of aromatic nitrogens is 2. The number of amides is 1. The fourth-order valence-electron chi connectivity index (χ4n) is 5.36. The van der Waals surface area contributed by atoms with Gasteiger partial charge in [0, 0.05) is 31.7 Å². The Labute approximate surface area is 240 Å². The number of nitrogens with one attached hydrogen (secondary N) is 1. The molecule has 3 heterocycles. The number of benzene rings is 3. The lowest BCUT2D eigenvalue weighted by Gasteiger charge is -2.31. The van der Waals surface area contributed by atoms with Crippen molar-refractivity contribution in [2.75, 3.05) is 49.6 Å². The summed E-state index contributed by atoms with van der Waals surface area (Å²) in [5, 5.41) is 7.82. The van der Waals surface area contributed by atoms with E-state index in [0.29, 0.717) is 56.5 Å². The highest BCUT2D eigenvalue weighted by Crippen LogP contribution is 2.32. The van der Waals surface area contributed by atoms with E-state index in [1.165, 1.54) is 0 Å². The Morgan fingerprint density at radius 2 is 1.49 bits per heavy atom. The third-order valence-electron chi connectivity index (χ3n) is 7.53. The minimum atomic E-state index is -3.69. The third-order valence-corrected chi connectivity index (χ3v) is 9.43. The molecule has 0 saturated carbocycles. The van der Waals surface area contributed by atoms with E-state index in [4.69, 9.17) is 9.84 Å². The molecule has 0 radical (unpaired) electrons. The summed E-state index contributed by atoms with van der Waals surface area (Å²) < 4.78 is 35.8. The first-order valence-corrected chi connectivity index (χ1v) is 15.4. The fourth-order valence-corrected chi connectivity index (χ4v) is 6.90. The number of ether oxygens (including phenoxy) is 1. The van der Waals surface area contributed by atoms with Crippen LogP contribution in [-0.4, -0.2) is 67.8 Å². The molecule has 1 aromatic heterocycles. The van der Waals surface area contributed by atoms with Crippen LogP contribution in [0.2, 0.25) is 0 Å². The summed E-state index contributed by atoms with van der Waals surface area (Å²) in [6.45, 7) is 3.41. The lowest BCUT2D eigenvalue weighted by Crippen LogP contribution is -2.37. The molecule has 1 amide bonds. The first-order chi connectivity index (χ1) is 20.0. The molecule has 10 heteroatoms. The largest absolute Gasteiger partial charge is 0.378 e. The minimum Gasteiger partial charge on any atom is -0.378 e. The van der Waals surface area contributed by atoms with Gasteiger partial charge in [0.05, 0.1) is 40.9 Å². The smallest absolute Gasteiger partial charge is 0.274 e. The molecule has 2 saturated heterocycles. The average molecular weight is 572 g/mol. The lowest BCUT2D eigenvalue weighted by atomic mass is 10.1. The summed E-state index contributed by atoms with van der Waals surface area (Å²) in [5.74, 6) is -0.384. The number of rotatable bonds is 7. The maximum absolute atomic E-state index is 14.0. The van der Waals surface area contributed by atoms with Gasteiger partial charge in [0.1, 0.15) is 5.69 Å². The molecule has 0 bridgehead atoms. The van der Waals surface area contributed by atoms with E-state index < -0.39 is 10.0 Å². The standard InChI is InChI=1S/C31H33N5O4S/c37-31(30-23-27(24-10-4-1-5-11-24)33-36(30)25-12-6-2-7-13-25)32-28-22-26(41(38,39)35-16-8-3-9-17-35)14-15-29(28)34-18-20-40-21-19-34/h1-2,4-7,10-15,22-23H,3,8-9,16-21H2,(H,32,37). The van der Waals surface area contributed by atoms with Gasteiger partial charge in [0.25, 0.3) is 5.91 Å². The molecule has 3 aromatic carbocycles. The van der Waals surface area contributed by atoms with Crippen molar-refractivity contribution in [3.63, 3.8) is 0 Å². The normalized spacial score (nSPS) is 16.4. The molecule has 0 aliphatic carbocycles. The van der Waals surface area contributed by atoms with Gasteiger partial charge < -0.3 is 15.0 Å². The molecular weight excluding hydrogens is 538 g/mol. The van der Waals surface area contributed by atoms with Gasteiger partial charge in [-0.15, -0.1) is 0 Å². The molecule has 2 aliphatic rings. The van der Waals surface area contributed by atoms with E-state index in [0.717, 1.165) is 36.2 Å². The number of morpholine rings is 1. The van der Waals surface area contributed by atoms with Gasteiger partial charge in [-0.2, -0.15) is 9.40 Å². The van der Waals surface area contributed by atoms with Gasteiger partial charge >= 0.3 is 0 Å². The fraction of sp³-hybridized carbons (Fsp3) is 0.290. The minimum absolute atomic E-state index is 0.174. The predicted molar refractivity (Wildman–Crippen MR) is 159 cm³/mol. The van der Waals surface area contributed by atoms with E-state index in [1.807, 2.05) is 60.7 Å². The van der Waals surface area contributed by atoms with Crippen molar-refractivity contribution >= 4 is 27.3 Å². The molecule has 1 N–H and O–H groups in total. The van der Waals surface area contributed by atoms with Crippen molar-refractivity contribution < 1.29 is 17.9 Å². The van der Waals surface area contributed by atoms with E-state index in [2.05, 4.69) is 10.2 Å². The third kappa shape index (κ3) is 5.76. The van der Waals surface area contributed by atoms with Crippen LogP contribution in [0.15, 0.2) is 89.8 Å². The van der Waals surface area contributed by atoms with Crippen LogP contribution in [0.4, 0.5) is 11.4 Å². The number of hydrogen-bond donors (Lipinski definition) is 1. The van der Waals surface area contributed by atoms with Gasteiger partial charge in [0.2, 0.25) is 10.0 Å². The van der Waals surface area contributed by atoms with E-state index in [-0.39, 0.29) is 10.8 Å². The first kappa shape index (κ1) is 27.2. The van der Waals surface area contributed by atoms with Crippen molar-refractivity contribution in [3.8, 4) is 16.9 Å². The number of carbonyl (C=O) groups is 1. The number of anilines is 2. The molecular formula is C31H33N5O4S. The van der Waals surface area contributed by atoms with E-state index in [1.54, 1.807) is 33.3 Å². The summed E-state index contributed by atoms with van der Waals surface area (Å²) >= 11 is 0. The van der Waals surface area contributed by atoms with E-state index in [9.17, 15) is 13.2 Å². The zero-order valence-electron chi connectivity index (χ0n) is 22.8. The number of para-hydroxylation sites is 1. The van der Waals surface area contributed by atoms with Crippen LogP contribution < -0.4 is 10.2 Å². The highest BCUT2D eigenvalue weighted by Gasteiger charge is 2.28. The summed E-state index contributed by atoms with van der Waals surface area (Å²) in [7, 11) is -3.69. The number of hydrogen-bond acceptors (Lipinski definition) is 6. The SMILES string of the molecule is O=C(Nc1cc(S(=O)(=O)N2CCCCC2)ccc1N1CCOCC1)c1cc(-c2ccccc2)nn1-c1ccccc1. The molecule has 41 heavy (non-hydrogen) atoms. The highest BCUT2D eigenvalue weighted by molar-refractivity contribution is 7.89. The maximum Gasteiger partial charge on any atom is 0.274 e. The van der Waals surface area contributed by atoms with Crippen LogP contribution in [-0.2, 0) is 14.8 Å². The monoisotopic (exact) mass is 571 g/mol. The molecule has 0 unspecified atom stereocenters. The molecule has 0 atom stereocenters. The van der Waals surface area contributed by atoms with Crippen LogP contribution in [0.5, 0.6) is 0 Å². The Hall–Kier alpha value is -3.99. The van der Waals surface area contributed by atoms with E-state index >= 15 is 0 Å². The quantitative estimate of drug-likeness (QED) is 0.342. The van der Waals surface area contributed by atoms with Gasteiger partial charge in [-0.1, -0.05) is 55.0 Å². The zero-order chi connectivity index (χ0) is 28.2. The Kier molecular flexibility index (Phi) is 7.86. The Morgan fingerprint density at radius 3 is 2.20 bits per heavy atom. The second-order valence-corrected chi connectivity index (χ2v) is 12.2. The summed E-state index contributed by atoms with van der Waals surface area (Å²) in [6.07, 6.45) is 2.73. The Morgan fingerprint density at radius 1 is 0.805 bits per heavy atom. The summed E-state index contributed by atoms with van der Waals surface area (Å²) in [4.78, 5) is 16.3. The van der Waals surface area contributed by atoms with Gasteiger partial charge in [-0.25, -0.2) is 13.1 Å². The first-order valence-electron chi connectivity index (χ1n) is 14.0. The Balaban J connectivity index is 1.40. The zero-order valence-corrected chi connectivity index (χ0v) is 23.6. The van der Waals surface area contributed by atoms with Crippen molar-refractivity contribution in [1.29, 1.82) is 0 Å². The van der Waals surface area contributed by atoms with Gasteiger partial charge in [-0.05, 0) is 49.2 Å². The molecule has 4 aromatic rings. The molecule has 212 valence electrons. The molecule has 0 spiro atoms. The second-order valence-electron chi connectivity index (χ2n) is 10.2. The number of carbonyl (C=O) groups excluding carboxylic acids is 1. The number of piperidine rings is 1. The number of nitrogens with zero attached hydrogens (tertiary/aromatic N) is 4.